The molecule has 0 unspecified atom stereocenters. The van der Waals surface area contributed by atoms with Crippen LogP contribution in [-0.2, 0) is 22.8 Å². The Bertz CT molecular complexity index is 906. The van der Waals surface area contributed by atoms with Crippen molar-refractivity contribution in [3.8, 4) is 5.75 Å². The lowest BCUT2D eigenvalue weighted by Crippen LogP contribution is -2.06. The van der Waals surface area contributed by atoms with Crippen LogP contribution >= 0.6 is 0 Å². The molecule has 0 N–H and O–H groups in total. The van der Waals surface area contributed by atoms with E-state index in [0.29, 0.717) is 12.3 Å². The van der Waals surface area contributed by atoms with Crippen molar-refractivity contribution < 1.29 is 19.1 Å². The van der Waals surface area contributed by atoms with Gasteiger partial charge < -0.3 is 9.47 Å². The van der Waals surface area contributed by atoms with Crippen molar-refractivity contribution in [2.24, 2.45) is 5.16 Å². The van der Waals surface area contributed by atoms with Gasteiger partial charge in [-0.15, -0.1) is 0 Å². The van der Waals surface area contributed by atoms with Gasteiger partial charge in [0.15, 0.2) is 0 Å². The van der Waals surface area contributed by atoms with E-state index < -0.39 is 6.16 Å². The van der Waals surface area contributed by atoms with Crippen LogP contribution in [0, 0.1) is 0 Å². The van der Waals surface area contributed by atoms with Gasteiger partial charge in [0, 0.05) is 0 Å². The summed E-state index contributed by atoms with van der Waals surface area (Å²) in [6, 6.07) is 26.7. The predicted octanol–water partition coefficient (Wildman–Crippen LogP) is 5.34. The summed E-state index contributed by atoms with van der Waals surface area (Å²) in [4.78, 5) is 16.5. The van der Waals surface area contributed by atoms with Gasteiger partial charge in [-0.05, 0) is 35.7 Å². The Morgan fingerprint density at radius 2 is 1.39 bits per heavy atom. The third-order valence-electron chi connectivity index (χ3n) is 3.98. The van der Waals surface area contributed by atoms with Gasteiger partial charge in [0.2, 0.25) is 0 Å². The summed E-state index contributed by atoms with van der Waals surface area (Å²) in [5.74, 6) is 0.748. The molecule has 3 aromatic rings. The fourth-order valence-electron chi connectivity index (χ4n) is 2.43. The zero-order valence-electron chi connectivity index (χ0n) is 15.6. The molecular formula is C23H21NO4. The molecule has 0 saturated heterocycles. The first-order chi connectivity index (χ1) is 13.7. The summed E-state index contributed by atoms with van der Waals surface area (Å²) in [6.07, 6.45) is -0.848. The normalized spacial score (nSPS) is 11.0. The Balaban J connectivity index is 1.43. The molecule has 0 spiro atoms. The summed E-state index contributed by atoms with van der Waals surface area (Å²) in [6.45, 7) is 2.36. The lowest BCUT2D eigenvalue weighted by Gasteiger charge is -2.07. The van der Waals surface area contributed by atoms with E-state index in [0.717, 1.165) is 22.4 Å². The molecule has 0 atom stereocenters. The SMILES string of the molecule is C/C(=N\OC(=O)OCc1ccc(OCc2ccccc2)cc1)c1ccccc1. The Morgan fingerprint density at radius 3 is 2.07 bits per heavy atom. The fraction of sp³-hybridized carbons (Fsp3) is 0.130. The second kappa shape index (κ2) is 9.92. The van der Waals surface area contributed by atoms with Crippen molar-refractivity contribution >= 4 is 11.9 Å². The lowest BCUT2D eigenvalue weighted by atomic mass is 10.1. The third-order valence-corrected chi connectivity index (χ3v) is 3.98. The lowest BCUT2D eigenvalue weighted by molar-refractivity contribution is 0.0519. The Morgan fingerprint density at radius 1 is 0.786 bits per heavy atom. The van der Waals surface area contributed by atoms with Gasteiger partial charge >= 0.3 is 6.16 Å². The van der Waals surface area contributed by atoms with E-state index in [-0.39, 0.29) is 6.61 Å². The van der Waals surface area contributed by atoms with Crippen LogP contribution in [0.3, 0.4) is 0 Å². The maximum Gasteiger partial charge on any atom is 0.535 e. The van der Waals surface area contributed by atoms with E-state index >= 15 is 0 Å². The summed E-state index contributed by atoms with van der Waals surface area (Å²) >= 11 is 0. The number of hydrogen-bond donors (Lipinski definition) is 0. The monoisotopic (exact) mass is 375 g/mol. The summed E-state index contributed by atoms with van der Waals surface area (Å²) in [7, 11) is 0. The van der Waals surface area contributed by atoms with Crippen molar-refractivity contribution in [1.29, 1.82) is 0 Å². The number of carbonyl (C=O) groups is 1. The molecule has 0 radical (unpaired) electrons. The molecule has 0 aliphatic carbocycles. The highest BCUT2D eigenvalue weighted by Gasteiger charge is 2.06. The van der Waals surface area contributed by atoms with Crippen molar-refractivity contribution in [1.82, 2.24) is 0 Å². The van der Waals surface area contributed by atoms with E-state index in [1.54, 1.807) is 6.92 Å². The van der Waals surface area contributed by atoms with Crippen molar-refractivity contribution in [2.45, 2.75) is 20.1 Å². The molecule has 142 valence electrons. The van der Waals surface area contributed by atoms with Crippen LogP contribution in [0.2, 0.25) is 0 Å². The molecule has 5 nitrogen and oxygen atoms in total. The molecule has 28 heavy (non-hydrogen) atoms. The predicted molar refractivity (Wildman–Crippen MR) is 107 cm³/mol. The molecular weight excluding hydrogens is 354 g/mol. The molecule has 0 amide bonds. The average Bonchev–Trinajstić information content (AvgIpc) is 2.76. The van der Waals surface area contributed by atoms with E-state index in [1.165, 1.54) is 0 Å². The number of nitrogens with zero attached hydrogens (tertiary/aromatic N) is 1. The summed E-state index contributed by atoms with van der Waals surface area (Å²) < 4.78 is 10.8. The van der Waals surface area contributed by atoms with Crippen LogP contribution < -0.4 is 4.74 Å². The number of carbonyl (C=O) groups excluding carboxylic acids is 1. The Hall–Kier alpha value is -3.60. The van der Waals surface area contributed by atoms with Crippen LogP contribution in [0.15, 0.2) is 90.1 Å². The Kier molecular flexibility index (Phi) is 6.79. The first kappa shape index (κ1) is 19.2. The fourth-order valence-corrected chi connectivity index (χ4v) is 2.43. The van der Waals surface area contributed by atoms with Gasteiger partial charge in [-0.1, -0.05) is 78.0 Å². The molecule has 0 aliphatic rings. The topological polar surface area (TPSA) is 57.1 Å². The average molecular weight is 375 g/mol. The van der Waals surface area contributed by atoms with Crippen LogP contribution in [0.5, 0.6) is 5.75 Å². The smallest absolute Gasteiger partial charge is 0.489 e. The highest BCUT2D eigenvalue weighted by Crippen LogP contribution is 2.15. The van der Waals surface area contributed by atoms with Crippen LogP contribution in [0.25, 0.3) is 0 Å². The molecule has 3 aromatic carbocycles. The van der Waals surface area contributed by atoms with Crippen LogP contribution in [0.1, 0.15) is 23.6 Å². The number of ether oxygens (including phenoxy) is 2. The Labute approximate surface area is 164 Å². The van der Waals surface area contributed by atoms with Crippen LogP contribution in [0.4, 0.5) is 4.79 Å². The van der Waals surface area contributed by atoms with Crippen molar-refractivity contribution in [2.75, 3.05) is 0 Å². The maximum atomic E-state index is 11.7. The zero-order chi connectivity index (χ0) is 19.6. The van der Waals surface area contributed by atoms with Crippen molar-refractivity contribution in [3.63, 3.8) is 0 Å². The van der Waals surface area contributed by atoms with Gasteiger partial charge in [-0.25, -0.2) is 4.79 Å². The highest BCUT2D eigenvalue weighted by molar-refractivity contribution is 5.98. The number of rotatable bonds is 7. The quantitative estimate of drug-likeness (QED) is 0.242. The number of benzene rings is 3. The number of oxime groups is 1. The molecule has 0 fully saturated rings. The molecule has 0 saturated carbocycles. The summed E-state index contributed by atoms with van der Waals surface area (Å²) in [5, 5.41) is 3.80. The first-order valence-electron chi connectivity index (χ1n) is 8.90. The molecule has 0 aromatic heterocycles. The van der Waals surface area contributed by atoms with E-state index in [4.69, 9.17) is 14.3 Å². The van der Waals surface area contributed by atoms with Gasteiger partial charge in [0.1, 0.15) is 19.0 Å². The molecule has 0 heterocycles. The van der Waals surface area contributed by atoms with Gasteiger partial charge in [0.25, 0.3) is 0 Å². The highest BCUT2D eigenvalue weighted by atomic mass is 16.8. The van der Waals surface area contributed by atoms with Gasteiger partial charge in [-0.2, -0.15) is 0 Å². The van der Waals surface area contributed by atoms with E-state index in [1.807, 2.05) is 84.9 Å². The first-order valence-corrected chi connectivity index (χ1v) is 8.90. The number of hydrogen-bond acceptors (Lipinski definition) is 5. The molecule has 3 rings (SSSR count). The third kappa shape index (κ3) is 5.99. The van der Waals surface area contributed by atoms with Crippen molar-refractivity contribution in [3.05, 3.63) is 102 Å². The standard InChI is InChI=1S/C23H21NO4/c1-18(21-10-6-3-7-11-21)24-28-23(25)27-17-20-12-14-22(15-13-20)26-16-19-8-4-2-5-9-19/h2-15H,16-17H2,1H3/b24-18+. The minimum atomic E-state index is -0.848. The second-order valence-electron chi connectivity index (χ2n) is 6.09. The largest absolute Gasteiger partial charge is 0.535 e. The molecule has 5 heteroatoms. The summed E-state index contributed by atoms with van der Waals surface area (Å²) in [5.41, 5.74) is 3.40. The van der Waals surface area contributed by atoms with Gasteiger partial charge in [0.05, 0.1) is 5.71 Å². The minimum absolute atomic E-state index is 0.0949. The molecule has 0 aliphatic heterocycles. The van der Waals surface area contributed by atoms with E-state index in [2.05, 4.69) is 5.16 Å². The molecule has 0 bridgehead atoms. The second-order valence-corrected chi connectivity index (χ2v) is 6.09. The van der Waals surface area contributed by atoms with Gasteiger partial charge in [-0.3, -0.25) is 4.84 Å². The maximum absolute atomic E-state index is 11.7. The minimum Gasteiger partial charge on any atom is -0.489 e. The van der Waals surface area contributed by atoms with E-state index in [9.17, 15) is 4.79 Å². The zero-order valence-corrected chi connectivity index (χ0v) is 15.6. The van der Waals surface area contributed by atoms with Crippen LogP contribution in [-0.4, -0.2) is 11.9 Å².